The van der Waals surface area contributed by atoms with Crippen LogP contribution in [0.15, 0.2) is 52.8 Å². The van der Waals surface area contributed by atoms with Gasteiger partial charge in [0.25, 0.3) is 0 Å². The Balaban J connectivity index is 3.14. The minimum Gasteiger partial charge on any atom is -0.399 e. The lowest BCUT2D eigenvalue weighted by Crippen LogP contribution is -2.01. The number of nitrogens with two attached hydrogens (primary N) is 1. The molecule has 1 aromatic carbocycles. The zero-order valence-corrected chi connectivity index (χ0v) is 11.0. The molecule has 0 aliphatic rings. The first-order valence-electron chi connectivity index (χ1n) is 5.67. The SMILES string of the molecule is C=C(N)/C(C)=C(/C)N=C(C)c1ccccc1C. The Labute approximate surface area is 104 Å². The van der Waals surface area contributed by atoms with Crippen LogP contribution in [0.3, 0.4) is 0 Å². The second-order valence-corrected chi connectivity index (χ2v) is 4.25. The summed E-state index contributed by atoms with van der Waals surface area (Å²) in [5.74, 6) is 0. The lowest BCUT2D eigenvalue weighted by molar-refractivity contribution is 1.17. The maximum Gasteiger partial charge on any atom is 0.0450 e. The quantitative estimate of drug-likeness (QED) is 0.623. The molecule has 0 unspecified atom stereocenters. The maximum absolute atomic E-state index is 5.66. The zero-order valence-electron chi connectivity index (χ0n) is 11.0. The summed E-state index contributed by atoms with van der Waals surface area (Å²) in [5, 5.41) is 0. The highest BCUT2D eigenvalue weighted by Crippen LogP contribution is 2.14. The van der Waals surface area contributed by atoms with Gasteiger partial charge in [-0.25, -0.2) is 0 Å². The van der Waals surface area contributed by atoms with Crippen molar-refractivity contribution in [3.05, 3.63) is 58.9 Å². The van der Waals surface area contributed by atoms with E-state index in [-0.39, 0.29) is 0 Å². The van der Waals surface area contributed by atoms with Crippen LogP contribution in [0.25, 0.3) is 0 Å². The maximum atomic E-state index is 5.66. The molecule has 2 nitrogen and oxygen atoms in total. The molecule has 90 valence electrons. The van der Waals surface area contributed by atoms with E-state index in [4.69, 9.17) is 5.73 Å². The van der Waals surface area contributed by atoms with Gasteiger partial charge in [0.15, 0.2) is 0 Å². The van der Waals surface area contributed by atoms with E-state index in [1.165, 1.54) is 11.1 Å². The van der Waals surface area contributed by atoms with Gasteiger partial charge in [0.05, 0.1) is 0 Å². The standard InChI is InChI=1S/C15H20N2/c1-10-8-6-7-9-15(10)14(5)17-13(4)11(2)12(3)16/h6-9H,3,16H2,1-2,4-5H3/b13-11-,17-14?. The molecule has 2 N–H and O–H groups in total. The fraction of sp³-hybridized carbons (Fsp3) is 0.267. The van der Waals surface area contributed by atoms with Gasteiger partial charge < -0.3 is 5.73 Å². The monoisotopic (exact) mass is 228 g/mol. The molecule has 0 aromatic heterocycles. The number of hydrogen-bond donors (Lipinski definition) is 1. The fourth-order valence-electron chi connectivity index (χ4n) is 1.61. The van der Waals surface area contributed by atoms with E-state index in [1.807, 2.05) is 32.9 Å². The molecule has 0 saturated heterocycles. The summed E-state index contributed by atoms with van der Waals surface area (Å²) < 4.78 is 0. The molecule has 1 aromatic rings. The van der Waals surface area contributed by atoms with Gasteiger partial charge in [-0.1, -0.05) is 30.8 Å². The number of rotatable bonds is 3. The van der Waals surface area contributed by atoms with Gasteiger partial charge >= 0.3 is 0 Å². The Morgan fingerprint density at radius 2 is 1.76 bits per heavy atom. The van der Waals surface area contributed by atoms with Crippen molar-refractivity contribution in [1.82, 2.24) is 0 Å². The van der Waals surface area contributed by atoms with E-state index in [2.05, 4.69) is 30.6 Å². The summed E-state index contributed by atoms with van der Waals surface area (Å²) in [7, 11) is 0. The minimum atomic E-state index is 0.573. The second kappa shape index (κ2) is 5.48. The summed E-state index contributed by atoms with van der Waals surface area (Å²) in [5.41, 5.74) is 11.5. The van der Waals surface area contributed by atoms with Crippen LogP contribution in [0.2, 0.25) is 0 Å². The van der Waals surface area contributed by atoms with Crippen LogP contribution in [-0.2, 0) is 0 Å². The predicted octanol–water partition coefficient (Wildman–Crippen LogP) is 3.57. The molecule has 1 rings (SSSR count). The summed E-state index contributed by atoms with van der Waals surface area (Å²) in [6.07, 6.45) is 0. The van der Waals surface area contributed by atoms with Gasteiger partial charge in [0, 0.05) is 17.1 Å². The van der Waals surface area contributed by atoms with Crippen molar-refractivity contribution in [2.75, 3.05) is 0 Å². The number of benzene rings is 1. The van der Waals surface area contributed by atoms with Crippen LogP contribution < -0.4 is 5.73 Å². The third-order valence-electron chi connectivity index (χ3n) is 2.89. The van der Waals surface area contributed by atoms with Crippen LogP contribution in [0.5, 0.6) is 0 Å². The number of allylic oxidation sites excluding steroid dienone is 2. The molecule has 0 saturated carbocycles. The van der Waals surface area contributed by atoms with Gasteiger partial charge in [-0.3, -0.25) is 4.99 Å². The normalized spacial score (nSPS) is 13.3. The first kappa shape index (κ1) is 13.2. The number of aryl methyl sites for hydroxylation is 1. The fourth-order valence-corrected chi connectivity index (χ4v) is 1.61. The van der Waals surface area contributed by atoms with Gasteiger partial charge in [-0.2, -0.15) is 0 Å². The number of hydrogen-bond acceptors (Lipinski definition) is 2. The molecule has 0 bridgehead atoms. The molecule has 0 fully saturated rings. The zero-order chi connectivity index (χ0) is 13.0. The largest absolute Gasteiger partial charge is 0.399 e. The molecule has 0 heterocycles. The molecule has 0 amide bonds. The van der Waals surface area contributed by atoms with E-state index in [1.54, 1.807) is 0 Å². The van der Waals surface area contributed by atoms with Crippen molar-refractivity contribution < 1.29 is 0 Å². The van der Waals surface area contributed by atoms with E-state index >= 15 is 0 Å². The summed E-state index contributed by atoms with van der Waals surface area (Å²) in [6, 6.07) is 8.22. The third kappa shape index (κ3) is 3.31. The highest BCUT2D eigenvalue weighted by molar-refractivity contribution is 6.00. The molecule has 0 atom stereocenters. The Morgan fingerprint density at radius 1 is 1.18 bits per heavy atom. The van der Waals surface area contributed by atoms with Gasteiger partial charge in [0.1, 0.15) is 0 Å². The topological polar surface area (TPSA) is 38.4 Å². The summed E-state index contributed by atoms with van der Waals surface area (Å²) in [4.78, 5) is 4.58. The van der Waals surface area contributed by atoms with Gasteiger partial charge in [-0.15, -0.1) is 0 Å². The van der Waals surface area contributed by atoms with Crippen molar-refractivity contribution in [2.24, 2.45) is 10.7 Å². The molecule has 0 aliphatic carbocycles. The van der Waals surface area contributed by atoms with Gasteiger partial charge in [0.2, 0.25) is 0 Å². The molecular formula is C15H20N2. The van der Waals surface area contributed by atoms with E-state index in [0.717, 1.165) is 17.0 Å². The molecule has 17 heavy (non-hydrogen) atoms. The second-order valence-electron chi connectivity index (χ2n) is 4.25. The van der Waals surface area contributed by atoms with Crippen LogP contribution in [0, 0.1) is 6.92 Å². The van der Waals surface area contributed by atoms with Crippen molar-refractivity contribution in [2.45, 2.75) is 27.7 Å². The lowest BCUT2D eigenvalue weighted by Gasteiger charge is -2.07. The van der Waals surface area contributed by atoms with Crippen molar-refractivity contribution in [1.29, 1.82) is 0 Å². The average molecular weight is 228 g/mol. The van der Waals surface area contributed by atoms with E-state index < -0.39 is 0 Å². The van der Waals surface area contributed by atoms with Gasteiger partial charge in [-0.05, 0) is 44.4 Å². The molecular weight excluding hydrogens is 208 g/mol. The highest BCUT2D eigenvalue weighted by atomic mass is 14.8. The van der Waals surface area contributed by atoms with Crippen LogP contribution in [-0.4, -0.2) is 5.71 Å². The average Bonchev–Trinajstić information content (AvgIpc) is 2.28. The molecule has 0 aliphatic heterocycles. The summed E-state index contributed by atoms with van der Waals surface area (Å²) >= 11 is 0. The first-order chi connectivity index (χ1) is 7.93. The lowest BCUT2D eigenvalue weighted by atomic mass is 10.1. The highest BCUT2D eigenvalue weighted by Gasteiger charge is 2.02. The van der Waals surface area contributed by atoms with Crippen molar-refractivity contribution in [3.63, 3.8) is 0 Å². The van der Waals surface area contributed by atoms with Crippen LogP contribution in [0.4, 0.5) is 0 Å². The van der Waals surface area contributed by atoms with E-state index in [0.29, 0.717) is 5.70 Å². The molecule has 0 spiro atoms. The molecule has 0 radical (unpaired) electrons. The van der Waals surface area contributed by atoms with Crippen molar-refractivity contribution >= 4 is 5.71 Å². The minimum absolute atomic E-state index is 0.573. The van der Waals surface area contributed by atoms with Crippen LogP contribution >= 0.6 is 0 Å². The molecule has 2 heteroatoms. The first-order valence-corrected chi connectivity index (χ1v) is 5.67. The smallest absolute Gasteiger partial charge is 0.0450 e. The Kier molecular flexibility index (Phi) is 4.27. The van der Waals surface area contributed by atoms with Crippen molar-refractivity contribution in [3.8, 4) is 0 Å². The van der Waals surface area contributed by atoms with Crippen LogP contribution in [0.1, 0.15) is 31.9 Å². The Bertz CT molecular complexity index is 493. The predicted molar refractivity (Wildman–Crippen MR) is 75.1 cm³/mol. The Hall–Kier alpha value is -1.83. The third-order valence-corrected chi connectivity index (χ3v) is 2.89. The Morgan fingerprint density at radius 3 is 2.29 bits per heavy atom. The number of nitrogens with zero attached hydrogens (tertiary/aromatic N) is 1. The van der Waals surface area contributed by atoms with E-state index in [9.17, 15) is 0 Å². The summed E-state index contributed by atoms with van der Waals surface area (Å²) in [6.45, 7) is 11.7. The number of aliphatic imine (C=N–C) groups is 1.